The lowest BCUT2D eigenvalue weighted by atomic mass is 9.82. The number of aromatic nitrogens is 1. The first-order valence-electron chi connectivity index (χ1n) is 14.2. The lowest BCUT2D eigenvalue weighted by molar-refractivity contribution is 0.0199. The van der Waals surface area contributed by atoms with Crippen LogP contribution < -0.4 is 20.3 Å². The third-order valence-electron chi connectivity index (χ3n) is 9.32. The molecule has 1 aliphatic carbocycles. The SMILES string of the molecule is Cc1cc(C)c(CNC(=O)c2cc(Cl)c3c(c2C)O[C@H]([C@H]2CC[C@H](N4CC5COCC5C4)CC2)CO3)c(=O)[nH]1. The fraction of sp³-hybridized carbons (Fsp3) is 0.600. The summed E-state index contributed by atoms with van der Waals surface area (Å²) in [4.78, 5) is 31.1. The number of rotatable bonds is 5. The molecule has 2 saturated heterocycles. The number of nitrogens with one attached hydrogen (secondary N) is 2. The molecule has 3 atom stereocenters. The molecule has 39 heavy (non-hydrogen) atoms. The van der Waals surface area contributed by atoms with Gasteiger partial charge >= 0.3 is 0 Å². The number of pyridine rings is 1. The second-order valence-corrected chi connectivity index (χ2v) is 12.3. The van der Waals surface area contributed by atoms with Crippen LogP contribution in [0.3, 0.4) is 0 Å². The van der Waals surface area contributed by atoms with Crippen LogP contribution in [0, 0.1) is 38.5 Å². The molecule has 1 saturated carbocycles. The molecule has 210 valence electrons. The monoisotopic (exact) mass is 555 g/mol. The first kappa shape index (κ1) is 26.7. The van der Waals surface area contributed by atoms with E-state index >= 15 is 0 Å². The van der Waals surface area contributed by atoms with Gasteiger partial charge in [0.1, 0.15) is 12.7 Å². The van der Waals surface area contributed by atoms with Gasteiger partial charge in [-0.15, -0.1) is 0 Å². The van der Waals surface area contributed by atoms with Crippen LogP contribution in [0.5, 0.6) is 11.5 Å². The van der Waals surface area contributed by atoms with Crippen LogP contribution in [-0.4, -0.2) is 60.8 Å². The van der Waals surface area contributed by atoms with E-state index in [1.807, 2.05) is 26.8 Å². The molecule has 8 nitrogen and oxygen atoms in total. The minimum absolute atomic E-state index is 0.0633. The van der Waals surface area contributed by atoms with Crippen molar-refractivity contribution in [1.82, 2.24) is 15.2 Å². The van der Waals surface area contributed by atoms with Gasteiger partial charge in [-0.1, -0.05) is 11.6 Å². The summed E-state index contributed by atoms with van der Waals surface area (Å²) in [6.07, 6.45) is 4.50. The van der Waals surface area contributed by atoms with E-state index in [0.29, 0.717) is 51.8 Å². The van der Waals surface area contributed by atoms with Crippen LogP contribution in [0.4, 0.5) is 0 Å². The molecular weight excluding hydrogens is 518 g/mol. The Morgan fingerprint density at radius 2 is 1.74 bits per heavy atom. The number of hydrogen-bond donors (Lipinski definition) is 2. The number of aromatic amines is 1. The first-order valence-corrected chi connectivity index (χ1v) is 14.6. The lowest BCUT2D eigenvalue weighted by Crippen LogP contribution is -2.43. The van der Waals surface area contributed by atoms with Crippen molar-refractivity contribution in [3.8, 4) is 11.5 Å². The maximum Gasteiger partial charge on any atom is 0.253 e. The number of ether oxygens (including phenoxy) is 3. The number of likely N-dealkylation sites (tertiary alicyclic amines) is 1. The number of nitrogens with zero attached hydrogens (tertiary/aromatic N) is 1. The number of halogens is 1. The van der Waals surface area contributed by atoms with Crippen molar-refractivity contribution in [1.29, 1.82) is 0 Å². The standard InChI is InChI=1S/C30H38ClN3O5/c1-16-8-17(2)33-30(36)24(16)10-32-29(35)23-9-25(31)28-27(18(23)3)39-26(15-38-28)19-4-6-22(7-5-19)34-11-20-13-37-14-21(20)12-34/h8-9,19-22,26H,4-7,10-15H2,1-3H3,(H,32,35)(H,33,36)/t19-,20?,21?,22-,26-/m0/s1. The maximum absolute atomic E-state index is 13.2. The van der Waals surface area contributed by atoms with Crippen molar-refractivity contribution >= 4 is 17.5 Å². The largest absolute Gasteiger partial charge is 0.484 e. The van der Waals surface area contributed by atoms with Gasteiger partial charge in [-0.3, -0.25) is 14.5 Å². The molecule has 3 aliphatic heterocycles. The Morgan fingerprint density at radius 1 is 1.03 bits per heavy atom. The van der Waals surface area contributed by atoms with Crippen molar-refractivity contribution in [3.05, 3.63) is 55.5 Å². The van der Waals surface area contributed by atoms with Crippen molar-refractivity contribution in [2.24, 2.45) is 17.8 Å². The number of aryl methyl sites for hydroxylation is 2. The summed E-state index contributed by atoms with van der Waals surface area (Å²) in [5.74, 6) is 2.61. The molecule has 6 rings (SSSR count). The molecule has 9 heteroatoms. The van der Waals surface area contributed by atoms with E-state index in [1.54, 1.807) is 6.07 Å². The van der Waals surface area contributed by atoms with E-state index in [4.69, 9.17) is 25.8 Å². The predicted octanol–water partition coefficient (Wildman–Crippen LogP) is 4.16. The highest BCUT2D eigenvalue weighted by atomic mass is 35.5. The van der Waals surface area contributed by atoms with Crippen LogP contribution in [0.15, 0.2) is 16.9 Å². The summed E-state index contributed by atoms with van der Waals surface area (Å²) in [6.45, 7) is 10.4. The highest BCUT2D eigenvalue weighted by Crippen LogP contribution is 2.45. The smallest absolute Gasteiger partial charge is 0.253 e. The van der Waals surface area contributed by atoms with Crippen LogP contribution in [0.25, 0.3) is 0 Å². The molecule has 0 spiro atoms. The number of carbonyl (C=O) groups excluding carboxylic acids is 1. The van der Waals surface area contributed by atoms with Gasteiger partial charge in [0.15, 0.2) is 11.5 Å². The second kappa shape index (κ2) is 10.8. The highest BCUT2D eigenvalue weighted by molar-refractivity contribution is 6.32. The lowest BCUT2D eigenvalue weighted by Gasteiger charge is -2.39. The third kappa shape index (κ3) is 5.19. The van der Waals surface area contributed by atoms with E-state index < -0.39 is 0 Å². The van der Waals surface area contributed by atoms with Crippen LogP contribution >= 0.6 is 11.6 Å². The molecule has 2 N–H and O–H groups in total. The van der Waals surface area contributed by atoms with Crippen molar-refractivity contribution < 1.29 is 19.0 Å². The fourth-order valence-corrected chi connectivity index (χ4v) is 7.27. The zero-order valence-corrected chi connectivity index (χ0v) is 23.7. The van der Waals surface area contributed by atoms with Gasteiger partial charge in [-0.25, -0.2) is 0 Å². The first-order chi connectivity index (χ1) is 18.8. The zero-order valence-electron chi connectivity index (χ0n) is 23.0. The molecule has 0 bridgehead atoms. The zero-order chi connectivity index (χ0) is 27.3. The Balaban J connectivity index is 1.11. The second-order valence-electron chi connectivity index (χ2n) is 11.9. The Hall–Kier alpha value is -2.55. The van der Waals surface area contributed by atoms with Gasteiger partial charge in [-0.05, 0) is 70.1 Å². The fourth-order valence-electron chi connectivity index (χ4n) is 7.02. The number of carbonyl (C=O) groups is 1. The summed E-state index contributed by atoms with van der Waals surface area (Å²) in [7, 11) is 0. The average Bonchev–Trinajstić information content (AvgIpc) is 3.53. The molecule has 1 aromatic carbocycles. The molecule has 4 aliphatic rings. The molecule has 1 amide bonds. The van der Waals surface area contributed by atoms with Crippen molar-refractivity contribution in [3.63, 3.8) is 0 Å². The maximum atomic E-state index is 13.2. The van der Waals surface area contributed by atoms with Crippen molar-refractivity contribution in [2.75, 3.05) is 32.9 Å². The van der Waals surface area contributed by atoms with Gasteiger partial charge in [0.05, 0.1) is 18.2 Å². The van der Waals surface area contributed by atoms with Crippen LogP contribution in [0.2, 0.25) is 5.02 Å². The van der Waals surface area contributed by atoms with Gasteiger partial charge in [0.2, 0.25) is 0 Å². The Labute approximate surface area is 234 Å². The summed E-state index contributed by atoms with van der Waals surface area (Å²) in [5, 5.41) is 3.24. The number of fused-ring (bicyclic) bond motifs is 2. The number of H-pyrrole nitrogens is 1. The topological polar surface area (TPSA) is 92.9 Å². The van der Waals surface area contributed by atoms with Gasteiger partial charge in [-0.2, -0.15) is 0 Å². The van der Waals surface area contributed by atoms with Gasteiger partial charge < -0.3 is 24.5 Å². The molecule has 0 radical (unpaired) electrons. The average molecular weight is 556 g/mol. The number of benzene rings is 1. The van der Waals surface area contributed by atoms with E-state index in [0.717, 1.165) is 49.1 Å². The normalized spacial score (nSPS) is 28.4. The summed E-state index contributed by atoms with van der Waals surface area (Å²) >= 11 is 6.56. The van der Waals surface area contributed by atoms with Gasteiger partial charge in [0.25, 0.3) is 11.5 Å². The molecule has 2 aromatic rings. The Kier molecular flexibility index (Phi) is 7.37. The van der Waals surface area contributed by atoms with Crippen LogP contribution in [-0.2, 0) is 11.3 Å². The molecule has 2 unspecified atom stereocenters. The molecule has 3 fully saturated rings. The summed E-state index contributed by atoms with van der Waals surface area (Å²) in [6, 6.07) is 4.18. The van der Waals surface area contributed by atoms with E-state index in [1.165, 1.54) is 25.9 Å². The Morgan fingerprint density at radius 3 is 2.44 bits per heavy atom. The summed E-state index contributed by atoms with van der Waals surface area (Å²) in [5.41, 5.74) is 3.11. The summed E-state index contributed by atoms with van der Waals surface area (Å²) < 4.78 is 18.3. The quantitative estimate of drug-likeness (QED) is 0.575. The molecule has 4 heterocycles. The predicted molar refractivity (Wildman–Crippen MR) is 149 cm³/mol. The highest BCUT2D eigenvalue weighted by Gasteiger charge is 2.42. The van der Waals surface area contributed by atoms with Crippen molar-refractivity contribution in [2.45, 2.75) is 65.1 Å². The van der Waals surface area contributed by atoms with Gasteiger partial charge in [0, 0.05) is 59.9 Å². The third-order valence-corrected chi connectivity index (χ3v) is 9.60. The van der Waals surface area contributed by atoms with E-state index in [-0.39, 0.29) is 24.1 Å². The molecular formula is C30H38ClN3O5. The molecule has 1 aromatic heterocycles. The van der Waals surface area contributed by atoms with E-state index in [9.17, 15) is 9.59 Å². The number of amides is 1. The minimum atomic E-state index is -0.302. The van der Waals surface area contributed by atoms with Crippen LogP contribution in [0.1, 0.15) is 58.4 Å². The minimum Gasteiger partial charge on any atom is -0.484 e. The Bertz CT molecular complexity index is 1310. The number of hydrogen-bond acceptors (Lipinski definition) is 6. The van der Waals surface area contributed by atoms with E-state index in [2.05, 4.69) is 15.2 Å².